The van der Waals surface area contributed by atoms with Gasteiger partial charge in [-0.25, -0.2) is 0 Å². The Morgan fingerprint density at radius 1 is 1.07 bits per heavy atom. The van der Waals surface area contributed by atoms with Crippen LogP contribution in [0.5, 0.6) is 0 Å². The van der Waals surface area contributed by atoms with Gasteiger partial charge in [0.05, 0.1) is 0 Å². The Balaban J connectivity index is 4.71. The third-order valence-corrected chi connectivity index (χ3v) is 2.64. The molecule has 0 saturated heterocycles. The van der Waals surface area contributed by atoms with Gasteiger partial charge < -0.3 is 10.0 Å². The van der Waals surface area contributed by atoms with Gasteiger partial charge in [-0.2, -0.15) is 0 Å². The van der Waals surface area contributed by atoms with Crippen LogP contribution >= 0.6 is 12.8 Å². The van der Waals surface area contributed by atoms with Gasteiger partial charge in [-0.3, -0.25) is 9.59 Å². The van der Waals surface area contributed by atoms with Gasteiger partial charge in [-0.05, 0) is 0 Å². The van der Waals surface area contributed by atoms with Crippen LogP contribution in [0.15, 0.2) is 0 Å². The van der Waals surface area contributed by atoms with Gasteiger partial charge in [0.25, 0.3) is 0 Å². The van der Waals surface area contributed by atoms with Crippen molar-refractivity contribution in [2.75, 3.05) is 7.05 Å². The molecule has 0 aromatic heterocycles. The van der Waals surface area contributed by atoms with Crippen molar-refractivity contribution in [3.05, 3.63) is 0 Å². The van der Waals surface area contributed by atoms with E-state index in [0.29, 0.717) is 7.28 Å². The summed E-state index contributed by atoms with van der Waals surface area (Å²) in [5, 5.41) is 1.41. The van der Waals surface area contributed by atoms with Crippen LogP contribution < -0.4 is 10.0 Å². The lowest BCUT2D eigenvalue weighted by molar-refractivity contribution is -0.123. The van der Waals surface area contributed by atoms with Crippen molar-refractivity contribution in [1.82, 2.24) is 10.0 Å². The van der Waals surface area contributed by atoms with Crippen molar-refractivity contribution >= 4 is 31.9 Å². The monoisotopic (exact) mass is 230 g/mol. The number of carbonyl (C=O) groups excluding carboxylic acids is 2. The summed E-state index contributed by atoms with van der Waals surface area (Å²) in [6.07, 6.45) is 0. The molecule has 0 unspecified atom stereocenters. The predicted octanol–water partition coefficient (Wildman–Crippen LogP) is 0.527. The normalized spacial score (nSPS) is 11.9. The lowest BCUT2D eigenvalue weighted by Gasteiger charge is -2.30. The van der Waals surface area contributed by atoms with E-state index in [1.54, 1.807) is 20.9 Å². The first-order valence-electron chi connectivity index (χ1n) is 4.84. The zero-order valence-corrected chi connectivity index (χ0v) is 10.9. The molecule has 2 N–H and O–H groups in total. The van der Waals surface area contributed by atoms with Crippen LogP contribution in [0.4, 0.5) is 0 Å². The summed E-state index contributed by atoms with van der Waals surface area (Å²) in [6, 6.07) is 0. The Bertz CT molecular complexity index is 241. The van der Waals surface area contributed by atoms with Crippen molar-refractivity contribution < 1.29 is 9.59 Å². The van der Waals surface area contributed by atoms with Gasteiger partial charge in [-0.15, -0.1) is 0 Å². The number of rotatable bonds is 4. The van der Waals surface area contributed by atoms with Crippen molar-refractivity contribution in [3.8, 4) is 0 Å². The molecule has 0 aliphatic rings. The van der Waals surface area contributed by atoms with E-state index >= 15 is 0 Å². The van der Waals surface area contributed by atoms with Crippen LogP contribution in [0.2, 0.25) is 10.6 Å². The quantitative estimate of drug-likeness (QED) is 0.487. The van der Waals surface area contributed by atoms with Gasteiger partial charge in [0.2, 0.25) is 11.8 Å². The van der Waals surface area contributed by atoms with Gasteiger partial charge in [-0.1, -0.05) is 40.5 Å². The predicted molar refractivity (Wildman–Crippen MR) is 66.4 cm³/mol. The molecule has 0 rings (SSSR count). The molecule has 0 bridgehead atoms. The number of hydrogen-bond donors (Lipinski definition) is 3. The smallest absolute Gasteiger partial charge is 0.227 e. The lowest BCUT2D eigenvalue weighted by atomic mass is 9.40. The largest absolute Gasteiger partial charge is 0.359 e. The van der Waals surface area contributed by atoms with Crippen LogP contribution in [-0.4, -0.2) is 26.1 Å². The topological polar surface area (TPSA) is 58.2 Å². The molecular weight excluding hydrogens is 211 g/mol. The van der Waals surface area contributed by atoms with Crippen molar-refractivity contribution in [3.63, 3.8) is 0 Å². The van der Waals surface area contributed by atoms with Crippen LogP contribution in [0.1, 0.15) is 27.7 Å². The van der Waals surface area contributed by atoms with Gasteiger partial charge in [0.1, 0.15) is 0 Å². The van der Waals surface area contributed by atoms with Crippen LogP contribution in [0.3, 0.4) is 0 Å². The SMILES string of the molecule is CNC(=O)C(C)(C)BC(C)(C)C(=O)NS. The maximum Gasteiger partial charge on any atom is 0.227 e. The molecule has 0 atom stereocenters. The molecule has 4 nitrogen and oxygen atoms in total. The van der Waals surface area contributed by atoms with E-state index in [-0.39, 0.29) is 11.8 Å². The molecule has 0 heterocycles. The highest BCUT2D eigenvalue weighted by atomic mass is 32.1. The second-order valence-electron chi connectivity index (χ2n) is 4.96. The van der Waals surface area contributed by atoms with Crippen LogP contribution in [-0.2, 0) is 9.59 Å². The molecule has 0 saturated carbocycles. The molecule has 15 heavy (non-hydrogen) atoms. The third-order valence-electron chi connectivity index (χ3n) is 2.44. The first kappa shape index (κ1) is 14.4. The second-order valence-corrected chi connectivity index (χ2v) is 5.19. The number of nitrogens with one attached hydrogen (secondary N) is 2. The molecule has 0 radical (unpaired) electrons. The van der Waals surface area contributed by atoms with E-state index in [4.69, 9.17) is 0 Å². The number of hydrogen-bond acceptors (Lipinski definition) is 3. The minimum Gasteiger partial charge on any atom is -0.359 e. The average molecular weight is 230 g/mol. The third kappa shape index (κ3) is 3.78. The van der Waals surface area contributed by atoms with E-state index in [0.717, 1.165) is 0 Å². The standard InChI is InChI=1S/C9H19BN2O2S/c1-8(2,6(13)11-5)10-9(3,4)7(14)12-15/h10,15H,1-5H3,(H,11,13)(H,12,14). The summed E-state index contributed by atoms with van der Waals surface area (Å²) in [5.74, 6) is -0.245. The fourth-order valence-electron chi connectivity index (χ4n) is 1.76. The van der Waals surface area contributed by atoms with Gasteiger partial charge in [0.15, 0.2) is 7.28 Å². The van der Waals surface area contributed by atoms with E-state index in [9.17, 15) is 9.59 Å². The van der Waals surface area contributed by atoms with Crippen LogP contribution in [0.25, 0.3) is 0 Å². The molecule has 0 aliphatic heterocycles. The molecular formula is C9H19BN2O2S. The Labute approximate surface area is 97.4 Å². The molecule has 0 aliphatic carbocycles. The van der Waals surface area contributed by atoms with Crippen molar-refractivity contribution in [1.29, 1.82) is 0 Å². The van der Waals surface area contributed by atoms with E-state index in [1.807, 2.05) is 13.8 Å². The summed E-state index contributed by atoms with van der Waals surface area (Å²) in [6.45, 7) is 7.23. The molecule has 0 aromatic rings. The highest BCUT2D eigenvalue weighted by Gasteiger charge is 2.39. The van der Waals surface area contributed by atoms with Crippen LogP contribution in [0, 0.1) is 0 Å². The summed E-state index contributed by atoms with van der Waals surface area (Å²) >= 11 is 3.73. The lowest BCUT2D eigenvalue weighted by Crippen LogP contribution is -2.41. The Morgan fingerprint density at radius 2 is 1.47 bits per heavy atom. The molecule has 0 aromatic carbocycles. The minimum atomic E-state index is -0.613. The molecule has 6 heteroatoms. The number of thiol groups is 1. The highest BCUT2D eigenvalue weighted by molar-refractivity contribution is 7.78. The molecule has 0 spiro atoms. The van der Waals surface area contributed by atoms with E-state index in [1.165, 1.54) is 0 Å². The minimum absolute atomic E-state index is 0.0671. The van der Waals surface area contributed by atoms with E-state index < -0.39 is 10.6 Å². The summed E-state index contributed by atoms with van der Waals surface area (Å²) in [4.78, 5) is 23.1. The second kappa shape index (κ2) is 4.92. The zero-order chi connectivity index (χ0) is 12.3. The highest BCUT2D eigenvalue weighted by Crippen LogP contribution is 2.35. The first-order valence-corrected chi connectivity index (χ1v) is 5.29. The van der Waals surface area contributed by atoms with E-state index in [2.05, 4.69) is 22.9 Å². The van der Waals surface area contributed by atoms with Crippen molar-refractivity contribution in [2.45, 2.75) is 38.3 Å². The Kier molecular flexibility index (Phi) is 4.71. The Hall–Kier alpha value is -0.645. The average Bonchev–Trinajstić information content (AvgIpc) is 2.13. The Morgan fingerprint density at radius 3 is 1.80 bits per heavy atom. The van der Waals surface area contributed by atoms with Crippen molar-refractivity contribution in [2.24, 2.45) is 0 Å². The molecule has 0 fully saturated rings. The maximum atomic E-state index is 11.6. The summed E-state index contributed by atoms with van der Waals surface area (Å²) in [7, 11) is 2.06. The van der Waals surface area contributed by atoms with Gasteiger partial charge in [0, 0.05) is 17.7 Å². The summed E-state index contributed by atoms with van der Waals surface area (Å²) < 4.78 is 2.31. The fourth-order valence-corrected chi connectivity index (χ4v) is 2.06. The first-order chi connectivity index (χ1) is 6.67. The zero-order valence-electron chi connectivity index (χ0n) is 9.97. The number of carbonyl (C=O) groups is 2. The maximum absolute atomic E-state index is 11.6. The fraction of sp³-hybridized carbons (Fsp3) is 0.778. The molecule has 86 valence electrons. The van der Waals surface area contributed by atoms with Gasteiger partial charge >= 0.3 is 0 Å². The molecule has 2 amide bonds. The summed E-state index contributed by atoms with van der Waals surface area (Å²) in [5.41, 5.74) is 0. The number of amides is 2.